The highest BCUT2D eigenvalue weighted by Crippen LogP contribution is 2.23. The molecule has 2 N–H and O–H groups in total. The average molecular weight is 500 g/mol. The van der Waals surface area contributed by atoms with Crippen molar-refractivity contribution in [3.8, 4) is 11.5 Å². The number of benzene rings is 2. The van der Waals surface area contributed by atoms with E-state index in [1.165, 1.54) is 63.7 Å². The summed E-state index contributed by atoms with van der Waals surface area (Å²) in [6, 6.07) is 9.70. The lowest BCUT2D eigenvalue weighted by Gasteiger charge is -2.14. The molecule has 0 bridgehead atoms. The molecule has 1 amide bonds. The number of carbonyl (C=O) groups is 1. The smallest absolute Gasteiger partial charge is 0.255 e. The highest BCUT2D eigenvalue weighted by molar-refractivity contribution is 7.89. The number of methoxy groups -OCH3 is 1. The van der Waals surface area contributed by atoms with Gasteiger partial charge in [-0.05, 0) is 56.3 Å². The Balaban J connectivity index is 2.02. The molecule has 182 valence electrons. The predicted octanol–water partition coefficient (Wildman–Crippen LogP) is 1.44. The molecule has 0 aromatic heterocycles. The molecule has 2 aromatic carbocycles. The van der Waals surface area contributed by atoms with Crippen LogP contribution in [0.2, 0.25) is 0 Å². The second kappa shape index (κ2) is 11.0. The van der Waals surface area contributed by atoms with Crippen LogP contribution >= 0.6 is 0 Å². The Kier molecular flexibility index (Phi) is 8.83. The van der Waals surface area contributed by atoms with Crippen LogP contribution in [0.1, 0.15) is 24.2 Å². The molecule has 0 aliphatic heterocycles. The number of hydrogen-bond acceptors (Lipinski definition) is 7. The van der Waals surface area contributed by atoms with E-state index in [0.717, 1.165) is 4.31 Å². The van der Waals surface area contributed by atoms with Crippen molar-refractivity contribution in [2.45, 2.75) is 29.7 Å². The zero-order valence-electron chi connectivity index (χ0n) is 19.2. The summed E-state index contributed by atoms with van der Waals surface area (Å²) < 4.78 is 63.6. The van der Waals surface area contributed by atoms with Crippen LogP contribution in [-0.4, -0.2) is 67.4 Å². The molecule has 0 unspecified atom stereocenters. The van der Waals surface area contributed by atoms with E-state index in [2.05, 4.69) is 10.0 Å². The lowest BCUT2D eigenvalue weighted by molar-refractivity contribution is 0.0940. The van der Waals surface area contributed by atoms with E-state index in [-0.39, 0.29) is 40.3 Å². The van der Waals surface area contributed by atoms with Crippen LogP contribution in [0.3, 0.4) is 0 Å². The van der Waals surface area contributed by atoms with E-state index in [9.17, 15) is 21.6 Å². The first-order valence-corrected chi connectivity index (χ1v) is 12.9. The molecule has 2 rings (SSSR count). The molecule has 0 saturated heterocycles. The third-order valence-electron chi connectivity index (χ3n) is 4.41. The molecular weight excluding hydrogens is 470 g/mol. The van der Waals surface area contributed by atoms with Gasteiger partial charge in [0.2, 0.25) is 20.0 Å². The van der Waals surface area contributed by atoms with E-state index in [1.54, 1.807) is 13.8 Å². The fourth-order valence-electron chi connectivity index (χ4n) is 2.72. The number of ether oxygens (including phenoxy) is 2. The van der Waals surface area contributed by atoms with E-state index in [1.807, 2.05) is 0 Å². The predicted molar refractivity (Wildman–Crippen MR) is 124 cm³/mol. The molecule has 0 spiro atoms. The lowest BCUT2D eigenvalue weighted by atomic mass is 10.2. The summed E-state index contributed by atoms with van der Waals surface area (Å²) in [5, 5.41) is 2.71. The van der Waals surface area contributed by atoms with E-state index in [0.29, 0.717) is 5.75 Å². The average Bonchev–Trinajstić information content (AvgIpc) is 2.76. The van der Waals surface area contributed by atoms with Gasteiger partial charge in [0.25, 0.3) is 5.91 Å². The van der Waals surface area contributed by atoms with Crippen LogP contribution in [0.15, 0.2) is 52.3 Å². The Morgan fingerprint density at radius 2 is 1.61 bits per heavy atom. The normalized spacial score (nSPS) is 12.1. The number of nitrogens with zero attached hydrogens (tertiary/aromatic N) is 1. The van der Waals surface area contributed by atoms with Crippen LogP contribution in [0, 0.1) is 0 Å². The highest BCUT2D eigenvalue weighted by Gasteiger charge is 2.20. The number of nitrogens with one attached hydrogen (secondary N) is 2. The molecule has 0 heterocycles. The van der Waals surface area contributed by atoms with Gasteiger partial charge in [-0.1, -0.05) is 0 Å². The fraction of sp³-hybridized carbons (Fsp3) is 0.381. The molecule has 0 saturated carbocycles. The monoisotopic (exact) mass is 499 g/mol. The summed E-state index contributed by atoms with van der Waals surface area (Å²) >= 11 is 0. The summed E-state index contributed by atoms with van der Waals surface area (Å²) in [7, 11) is -3.18. The standard InChI is InChI=1S/C21H29N3O7S2/c1-15(2)23-21(25)19-14-18(10-11-20(19)30-5)32(26,27)22-12-13-31-16-6-8-17(9-7-16)33(28,29)24(3)4/h6-11,14-15,22H,12-13H2,1-5H3,(H,23,25). The van der Waals surface area contributed by atoms with E-state index in [4.69, 9.17) is 9.47 Å². The molecule has 0 aliphatic carbocycles. The molecule has 0 aliphatic rings. The minimum absolute atomic E-state index is 0.00978. The molecule has 2 aromatic rings. The van der Waals surface area contributed by atoms with E-state index >= 15 is 0 Å². The molecule has 33 heavy (non-hydrogen) atoms. The number of rotatable bonds is 11. The minimum atomic E-state index is -3.91. The van der Waals surface area contributed by atoms with Crippen molar-refractivity contribution in [2.75, 3.05) is 34.4 Å². The third-order valence-corrected chi connectivity index (χ3v) is 7.70. The van der Waals surface area contributed by atoms with Gasteiger partial charge in [-0.15, -0.1) is 0 Å². The van der Waals surface area contributed by atoms with Crippen LogP contribution in [0.4, 0.5) is 0 Å². The Morgan fingerprint density at radius 1 is 1.00 bits per heavy atom. The number of hydrogen-bond donors (Lipinski definition) is 2. The molecule has 12 heteroatoms. The van der Waals surface area contributed by atoms with Gasteiger partial charge in [-0.3, -0.25) is 4.79 Å². The Bertz CT molecular complexity index is 1180. The van der Waals surface area contributed by atoms with Crippen LogP contribution in [-0.2, 0) is 20.0 Å². The zero-order valence-corrected chi connectivity index (χ0v) is 20.8. The zero-order chi connectivity index (χ0) is 24.8. The summed E-state index contributed by atoms with van der Waals surface area (Å²) in [5.74, 6) is 0.209. The maximum atomic E-state index is 12.6. The first-order valence-electron chi connectivity index (χ1n) is 10.0. The van der Waals surface area contributed by atoms with Crippen molar-refractivity contribution in [1.82, 2.24) is 14.3 Å². The maximum absolute atomic E-state index is 12.6. The van der Waals surface area contributed by atoms with Crippen molar-refractivity contribution < 1.29 is 31.1 Å². The Hall–Kier alpha value is -2.67. The van der Waals surface area contributed by atoms with Gasteiger partial charge < -0.3 is 14.8 Å². The van der Waals surface area contributed by atoms with Gasteiger partial charge >= 0.3 is 0 Å². The van der Waals surface area contributed by atoms with Crippen molar-refractivity contribution >= 4 is 26.0 Å². The lowest BCUT2D eigenvalue weighted by Crippen LogP contribution is -2.31. The Morgan fingerprint density at radius 3 is 2.15 bits per heavy atom. The molecule has 10 nitrogen and oxygen atoms in total. The number of amides is 1. The Labute approximate surface area is 195 Å². The summed E-state index contributed by atoms with van der Waals surface area (Å²) in [6.07, 6.45) is 0. The van der Waals surface area contributed by atoms with Gasteiger partial charge in [0, 0.05) is 26.7 Å². The van der Waals surface area contributed by atoms with Crippen molar-refractivity contribution in [3.05, 3.63) is 48.0 Å². The minimum Gasteiger partial charge on any atom is -0.496 e. The molecule has 0 fully saturated rings. The second-order valence-electron chi connectivity index (χ2n) is 7.50. The van der Waals surface area contributed by atoms with Gasteiger partial charge in [0.1, 0.15) is 18.1 Å². The van der Waals surface area contributed by atoms with Crippen molar-refractivity contribution in [1.29, 1.82) is 0 Å². The summed E-state index contributed by atoms with van der Waals surface area (Å²) in [4.78, 5) is 12.4. The SMILES string of the molecule is COc1ccc(S(=O)(=O)NCCOc2ccc(S(=O)(=O)N(C)C)cc2)cc1C(=O)NC(C)C. The third kappa shape index (κ3) is 6.90. The summed E-state index contributed by atoms with van der Waals surface area (Å²) in [5.41, 5.74) is 0.109. The second-order valence-corrected chi connectivity index (χ2v) is 11.4. The maximum Gasteiger partial charge on any atom is 0.255 e. The van der Waals surface area contributed by atoms with Crippen LogP contribution in [0.5, 0.6) is 11.5 Å². The van der Waals surface area contributed by atoms with Gasteiger partial charge in [0.15, 0.2) is 0 Å². The van der Waals surface area contributed by atoms with Gasteiger partial charge in [-0.25, -0.2) is 25.9 Å². The molecular formula is C21H29N3O7S2. The van der Waals surface area contributed by atoms with Gasteiger partial charge in [0.05, 0.1) is 22.5 Å². The topological polar surface area (TPSA) is 131 Å². The molecule has 0 atom stereocenters. The first-order chi connectivity index (χ1) is 15.4. The van der Waals surface area contributed by atoms with Crippen LogP contribution < -0.4 is 19.5 Å². The largest absolute Gasteiger partial charge is 0.496 e. The summed E-state index contributed by atoms with van der Waals surface area (Å²) in [6.45, 7) is 3.55. The van der Waals surface area contributed by atoms with Crippen molar-refractivity contribution in [3.63, 3.8) is 0 Å². The number of carbonyl (C=O) groups excluding carboxylic acids is 1. The molecule has 0 radical (unpaired) electrons. The van der Waals surface area contributed by atoms with E-state index < -0.39 is 26.0 Å². The quantitative estimate of drug-likeness (QED) is 0.447. The first kappa shape index (κ1) is 26.6. The van der Waals surface area contributed by atoms with Crippen LogP contribution in [0.25, 0.3) is 0 Å². The van der Waals surface area contributed by atoms with Crippen molar-refractivity contribution in [2.24, 2.45) is 0 Å². The highest BCUT2D eigenvalue weighted by atomic mass is 32.2. The number of sulfonamides is 2. The fourth-order valence-corrected chi connectivity index (χ4v) is 4.66. The van der Waals surface area contributed by atoms with Gasteiger partial charge in [-0.2, -0.15) is 0 Å².